The molecule has 0 aromatic heterocycles. The number of amides is 1. The molecule has 126 valence electrons. The van der Waals surface area contributed by atoms with Crippen LogP contribution in [0.3, 0.4) is 0 Å². The van der Waals surface area contributed by atoms with Crippen LogP contribution in [0.4, 0.5) is 5.69 Å². The van der Waals surface area contributed by atoms with E-state index in [0.29, 0.717) is 35.8 Å². The maximum absolute atomic E-state index is 12.2. The third kappa shape index (κ3) is 4.82. The zero-order valence-corrected chi connectivity index (χ0v) is 13.6. The van der Waals surface area contributed by atoms with Crippen molar-refractivity contribution in [2.75, 3.05) is 32.8 Å². The molecule has 0 spiro atoms. The average Bonchev–Trinajstić information content (AvgIpc) is 2.62. The number of ether oxygens (including phenoxy) is 3. The van der Waals surface area contributed by atoms with Gasteiger partial charge in [-0.2, -0.15) is 0 Å². The first-order valence-electron chi connectivity index (χ1n) is 7.35. The first-order valence-corrected chi connectivity index (χ1v) is 7.35. The zero-order chi connectivity index (χ0) is 17.4. The van der Waals surface area contributed by atoms with Crippen molar-refractivity contribution >= 4 is 17.6 Å². The van der Waals surface area contributed by atoms with E-state index in [0.717, 1.165) is 0 Å². The van der Waals surface area contributed by atoms with E-state index in [1.165, 1.54) is 7.11 Å². The highest BCUT2D eigenvalue weighted by molar-refractivity contribution is 6.04. The van der Waals surface area contributed by atoms with Crippen LogP contribution >= 0.6 is 0 Å². The lowest BCUT2D eigenvalue weighted by Crippen LogP contribution is -2.12. The Hall–Kier alpha value is -2.86. The van der Waals surface area contributed by atoms with Gasteiger partial charge in [-0.3, -0.25) is 4.79 Å². The van der Waals surface area contributed by atoms with Crippen LogP contribution in [0.15, 0.2) is 48.5 Å². The Morgan fingerprint density at radius 3 is 2.33 bits per heavy atom. The Balaban J connectivity index is 2.01. The molecule has 1 amide bonds. The van der Waals surface area contributed by atoms with Gasteiger partial charge < -0.3 is 19.5 Å². The van der Waals surface area contributed by atoms with Gasteiger partial charge in [-0.15, -0.1) is 0 Å². The van der Waals surface area contributed by atoms with E-state index in [2.05, 4.69) is 10.1 Å². The lowest BCUT2D eigenvalue weighted by molar-refractivity contribution is 0.0600. The number of carbonyl (C=O) groups excluding carboxylic acids is 2. The molecule has 1 N–H and O–H groups in total. The van der Waals surface area contributed by atoms with Crippen LogP contribution in [0.25, 0.3) is 0 Å². The molecule has 2 aromatic rings. The molecule has 0 aliphatic carbocycles. The fourth-order valence-corrected chi connectivity index (χ4v) is 1.99. The molecule has 6 nitrogen and oxygen atoms in total. The van der Waals surface area contributed by atoms with E-state index in [-0.39, 0.29) is 5.91 Å². The van der Waals surface area contributed by atoms with Crippen molar-refractivity contribution in [3.05, 3.63) is 59.7 Å². The van der Waals surface area contributed by atoms with Gasteiger partial charge in [0.25, 0.3) is 5.91 Å². The summed E-state index contributed by atoms with van der Waals surface area (Å²) in [7, 11) is 2.91. The highest BCUT2D eigenvalue weighted by Crippen LogP contribution is 2.18. The monoisotopic (exact) mass is 329 g/mol. The van der Waals surface area contributed by atoms with Gasteiger partial charge in [0, 0.05) is 24.4 Å². The average molecular weight is 329 g/mol. The van der Waals surface area contributed by atoms with Crippen molar-refractivity contribution in [1.29, 1.82) is 0 Å². The number of benzene rings is 2. The predicted molar refractivity (Wildman–Crippen MR) is 89.5 cm³/mol. The van der Waals surface area contributed by atoms with Gasteiger partial charge in [-0.1, -0.05) is 6.07 Å². The molecule has 0 radical (unpaired) electrons. The highest BCUT2D eigenvalue weighted by atomic mass is 16.5. The molecule has 0 heterocycles. The molecule has 24 heavy (non-hydrogen) atoms. The highest BCUT2D eigenvalue weighted by Gasteiger charge is 2.09. The molecule has 0 aliphatic rings. The van der Waals surface area contributed by atoms with Gasteiger partial charge in [0.1, 0.15) is 12.4 Å². The molecule has 0 atom stereocenters. The Bertz CT molecular complexity index is 697. The number of hydrogen-bond donors (Lipinski definition) is 1. The standard InChI is InChI=1S/C18H19NO5/c1-22-10-11-24-16-5-3-4-15(12-16)19-17(20)13-6-8-14(9-7-13)18(21)23-2/h3-9,12H,10-11H2,1-2H3,(H,19,20). The van der Waals surface area contributed by atoms with Crippen molar-refractivity contribution in [3.8, 4) is 5.75 Å². The second-order valence-corrected chi connectivity index (χ2v) is 4.89. The molecular formula is C18H19NO5. The van der Waals surface area contributed by atoms with Gasteiger partial charge in [0.05, 0.1) is 19.3 Å². The fourth-order valence-electron chi connectivity index (χ4n) is 1.99. The SMILES string of the molecule is COCCOc1cccc(NC(=O)c2ccc(C(=O)OC)cc2)c1. The summed E-state index contributed by atoms with van der Waals surface area (Å²) >= 11 is 0. The number of nitrogens with one attached hydrogen (secondary N) is 1. The van der Waals surface area contributed by atoms with Gasteiger partial charge in [0.2, 0.25) is 0 Å². The summed E-state index contributed by atoms with van der Waals surface area (Å²) in [6.07, 6.45) is 0. The Labute approximate surface area is 140 Å². The summed E-state index contributed by atoms with van der Waals surface area (Å²) in [5, 5.41) is 2.79. The van der Waals surface area contributed by atoms with Gasteiger partial charge in [-0.25, -0.2) is 4.79 Å². The largest absolute Gasteiger partial charge is 0.491 e. The number of carbonyl (C=O) groups is 2. The Kier molecular flexibility index (Phi) is 6.33. The number of methoxy groups -OCH3 is 2. The summed E-state index contributed by atoms with van der Waals surface area (Å²) in [4.78, 5) is 23.6. The zero-order valence-electron chi connectivity index (χ0n) is 13.6. The van der Waals surface area contributed by atoms with Crippen molar-refractivity contribution in [3.63, 3.8) is 0 Å². The van der Waals surface area contributed by atoms with Crippen LogP contribution in [-0.2, 0) is 9.47 Å². The van der Waals surface area contributed by atoms with Crippen molar-refractivity contribution in [2.24, 2.45) is 0 Å². The van der Waals surface area contributed by atoms with E-state index in [4.69, 9.17) is 9.47 Å². The lowest BCUT2D eigenvalue weighted by Gasteiger charge is -2.09. The number of rotatable bonds is 7. The quantitative estimate of drug-likeness (QED) is 0.624. The normalized spacial score (nSPS) is 10.1. The Morgan fingerprint density at radius 2 is 1.67 bits per heavy atom. The van der Waals surface area contributed by atoms with Crippen LogP contribution in [0.2, 0.25) is 0 Å². The molecular weight excluding hydrogens is 310 g/mol. The van der Waals surface area contributed by atoms with E-state index in [9.17, 15) is 9.59 Å². The number of esters is 1. The van der Waals surface area contributed by atoms with Crippen molar-refractivity contribution in [1.82, 2.24) is 0 Å². The van der Waals surface area contributed by atoms with E-state index < -0.39 is 5.97 Å². The minimum absolute atomic E-state index is 0.277. The van der Waals surface area contributed by atoms with Crippen molar-refractivity contribution in [2.45, 2.75) is 0 Å². The molecule has 2 rings (SSSR count). The molecule has 2 aromatic carbocycles. The van der Waals surface area contributed by atoms with Crippen LogP contribution in [0, 0.1) is 0 Å². The van der Waals surface area contributed by atoms with Gasteiger partial charge >= 0.3 is 5.97 Å². The summed E-state index contributed by atoms with van der Waals surface area (Å²) < 4.78 is 15.0. The van der Waals surface area contributed by atoms with Crippen LogP contribution in [-0.4, -0.2) is 39.3 Å². The lowest BCUT2D eigenvalue weighted by atomic mass is 10.1. The summed E-state index contributed by atoms with van der Waals surface area (Å²) in [6.45, 7) is 0.923. The van der Waals surface area contributed by atoms with Gasteiger partial charge in [-0.05, 0) is 36.4 Å². The van der Waals surface area contributed by atoms with Crippen molar-refractivity contribution < 1.29 is 23.8 Å². The van der Waals surface area contributed by atoms with Crippen LogP contribution in [0.5, 0.6) is 5.75 Å². The minimum atomic E-state index is -0.442. The molecule has 0 aliphatic heterocycles. The van der Waals surface area contributed by atoms with E-state index in [1.54, 1.807) is 55.6 Å². The smallest absolute Gasteiger partial charge is 0.337 e. The second-order valence-electron chi connectivity index (χ2n) is 4.89. The Morgan fingerprint density at radius 1 is 0.958 bits per heavy atom. The molecule has 0 fully saturated rings. The first kappa shape index (κ1) is 17.5. The maximum atomic E-state index is 12.2. The third-order valence-corrected chi connectivity index (χ3v) is 3.22. The number of hydrogen-bond acceptors (Lipinski definition) is 5. The van der Waals surface area contributed by atoms with E-state index in [1.807, 2.05) is 0 Å². The number of anilines is 1. The fraction of sp³-hybridized carbons (Fsp3) is 0.222. The molecule has 0 saturated carbocycles. The predicted octanol–water partition coefficient (Wildman–Crippen LogP) is 2.75. The summed E-state index contributed by atoms with van der Waals surface area (Å²) in [5.74, 6) is -0.0748. The van der Waals surface area contributed by atoms with Crippen LogP contribution < -0.4 is 10.1 Å². The maximum Gasteiger partial charge on any atom is 0.337 e. The molecule has 0 bridgehead atoms. The topological polar surface area (TPSA) is 73.9 Å². The summed E-state index contributed by atoms with van der Waals surface area (Å²) in [5.41, 5.74) is 1.45. The molecule has 0 saturated heterocycles. The molecule has 0 unspecified atom stereocenters. The molecule has 6 heteroatoms. The third-order valence-electron chi connectivity index (χ3n) is 3.22. The van der Waals surface area contributed by atoms with Gasteiger partial charge in [0.15, 0.2) is 0 Å². The van der Waals surface area contributed by atoms with E-state index >= 15 is 0 Å². The van der Waals surface area contributed by atoms with Crippen LogP contribution in [0.1, 0.15) is 20.7 Å². The second kappa shape index (κ2) is 8.69. The summed E-state index contributed by atoms with van der Waals surface area (Å²) in [6, 6.07) is 13.3. The minimum Gasteiger partial charge on any atom is -0.491 e. The first-order chi connectivity index (χ1) is 11.6.